The van der Waals surface area contributed by atoms with Crippen LogP contribution in [0.1, 0.15) is 57.1 Å². The first-order chi connectivity index (χ1) is 9.79. The Morgan fingerprint density at radius 1 is 1.35 bits per heavy atom. The molecule has 0 amide bonds. The molecule has 112 valence electrons. The van der Waals surface area contributed by atoms with Crippen LogP contribution in [0, 0.1) is 0 Å². The molecule has 1 fully saturated rings. The largest absolute Gasteiger partial charge is 0.492 e. The Morgan fingerprint density at radius 3 is 2.90 bits per heavy atom. The lowest BCUT2D eigenvalue weighted by molar-refractivity contribution is 0.202. The van der Waals surface area contributed by atoms with Gasteiger partial charge >= 0.3 is 0 Å². The minimum absolute atomic E-state index is 0.445. The van der Waals surface area contributed by atoms with Gasteiger partial charge in [0.1, 0.15) is 5.75 Å². The van der Waals surface area contributed by atoms with Crippen LogP contribution in [0.5, 0.6) is 5.75 Å². The van der Waals surface area contributed by atoms with Gasteiger partial charge in [-0.05, 0) is 25.3 Å². The first-order valence-electron chi connectivity index (χ1n) is 7.67. The fourth-order valence-corrected chi connectivity index (χ4v) is 3.79. The predicted octanol–water partition coefficient (Wildman–Crippen LogP) is 3.97. The maximum absolute atomic E-state index is 10.3. The van der Waals surface area contributed by atoms with Crippen LogP contribution in [0.15, 0.2) is 18.5 Å². The van der Waals surface area contributed by atoms with Crippen LogP contribution in [0.3, 0.4) is 0 Å². The summed E-state index contributed by atoms with van der Waals surface area (Å²) in [4.78, 5) is 4.16. The number of thioether (sulfide) groups is 1. The summed E-state index contributed by atoms with van der Waals surface area (Å²) in [5.74, 6) is 1.51. The number of ether oxygens (including phenoxy) is 1. The van der Waals surface area contributed by atoms with Crippen molar-refractivity contribution in [2.75, 3.05) is 12.4 Å². The van der Waals surface area contributed by atoms with E-state index in [1.54, 1.807) is 12.4 Å². The Labute approximate surface area is 126 Å². The van der Waals surface area contributed by atoms with Crippen molar-refractivity contribution in [2.24, 2.45) is 0 Å². The molecule has 1 unspecified atom stereocenters. The van der Waals surface area contributed by atoms with Crippen molar-refractivity contribution < 1.29 is 9.84 Å². The van der Waals surface area contributed by atoms with Crippen molar-refractivity contribution in [3.8, 4) is 5.75 Å². The molecule has 0 spiro atoms. The summed E-state index contributed by atoms with van der Waals surface area (Å²) in [5.41, 5.74) is 0.863. The van der Waals surface area contributed by atoms with Crippen molar-refractivity contribution in [2.45, 2.75) is 56.8 Å². The Morgan fingerprint density at radius 2 is 2.15 bits per heavy atom. The molecular formula is C16H25NO2S. The van der Waals surface area contributed by atoms with E-state index in [9.17, 15) is 5.11 Å². The number of pyridine rings is 1. The van der Waals surface area contributed by atoms with Crippen molar-refractivity contribution in [1.29, 1.82) is 0 Å². The average molecular weight is 295 g/mol. The highest BCUT2D eigenvalue weighted by Crippen LogP contribution is 2.31. The first kappa shape index (κ1) is 15.6. The van der Waals surface area contributed by atoms with Crippen LogP contribution in [-0.4, -0.2) is 27.7 Å². The van der Waals surface area contributed by atoms with Crippen LogP contribution in [-0.2, 0) is 0 Å². The Kier molecular flexibility index (Phi) is 6.67. The van der Waals surface area contributed by atoms with E-state index in [1.165, 1.54) is 32.1 Å². The number of rotatable bonds is 7. The molecule has 0 aromatic carbocycles. The van der Waals surface area contributed by atoms with Gasteiger partial charge in [0.25, 0.3) is 0 Å². The summed E-state index contributed by atoms with van der Waals surface area (Å²) in [7, 11) is 0. The quantitative estimate of drug-likeness (QED) is 0.826. The third kappa shape index (κ3) is 4.98. The molecule has 1 aliphatic carbocycles. The third-order valence-corrected chi connectivity index (χ3v) is 5.08. The van der Waals surface area contributed by atoms with Crippen molar-refractivity contribution in [3.05, 3.63) is 24.0 Å². The minimum Gasteiger partial charge on any atom is -0.492 e. The Hall–Kier alpha value is -0.740. The molecular weight excluding hydrogens is 270 g/mol. The van der Waals surface area contributed by atoms with Gasteiger partial charge in [-0.1, -0.05) is 26.2 Å². The molecule has 0 bridgehead atoms. The lowest BCUT2D eigenvalue weighted by atomic mass is 10.0. The summed E-state index contributed by atoms with van der Waals surface area (Å²) in [5, 5.41) is 11.0. The van der Waals surface area contributed by atoms with E-state index in [2.05, 4.69) is 11.9 Å². The molecule has 1 heterocycles. The second-order valence-corrected chi connectivity index (χ2v) is 6.74. The first-order valence-corrected chi connectivity index (χ1v) is 8.72. The third-order valence-electron chi connectivity index (χ3n) is 3.63. The standard InChI is InChI=1S/C16H25NO2S/c1-2-8-19-14-9-13(10-17-11-14)16(18)12-20-15-6-4-3-5-7-15/h9-11,15-16,18H,2-8,12H2,1H3. The number of nitrogens with zero attached hydrogens (tertiary/aromatic N) is 1. The second kappa shape index (κ2) is 8.53. The zero-order valence-electron chi connectivity index (χ0n) is 12.3. The molecule has 1 saturated carbocycles. The molecule has 1 aromatic heterocycles. The molecule has 0 aliphatic heterocycles. The molecule has 20 heavy (non-hydrogen) atoms. The van der Waals surface area contributed by atoms with Crippen LogP contribution in [0.4, 0.5) is 0 Å². The SMILES string of the molecule is CCCOc1cncc(C(O)CSC2CCCCC2)c1. The number of aliphatic hydroxyl groups is 1. The van der Waals surface area contributed by atoms with Gasteiger partial charge < -0.3 is 9.84 Å². The van der Waals surface area contributed by atoms with E-state index >= 15 is 0 Å². The molecule has 3 nitrogen and oxygen atoms in total. The van der Waals surface area contributed by atoms with Crippen LogP contribution in [0.2, 0.25) is 0 Å². The second-order valence-electron chi connectivity index (χ2n) is 5.41. The van der Waals surface area contributed by atoms with Crippen molar-refractivity contribution in [3.63, 3.8) is 0 Å². The Bertz CT molecular complexity index is 394. The fourth-order valence-electron chi connectivity index (χ4n) is 2.47. The molecule has 4 heteroatoms. The van der Waals surface area contributed by atoms with Crippen LogP contribution < -0.4 is 4.74 Å². The van der Waals surface area contributed by atoms with Gasteiger partial charge in [-0.25, -0.2) is 0 Å². The van der Waals surface area contributed by atoms with Gasteiger partial charge in [-0.15, -0.1) is 0 Å². The lowest BCUT2D eigenvalue weighted by Gasteiger charge is -2.22. The molecule has 2 rings (SSSR count). The summed E-state index contributed by atoms with van der Waals surface area (Å²) < 4.78 is 5.56. The number of aromatic nitrogens is 1. The van der Waals surface area contributed by atoms with Crippen LogP contribution >= 0.6 is 11.8 Å². The molecule has 1 aliphatic rings. The zero-order valence-corrected chi connectivity index (χ0v) is 13.1. The van der Waals surface area contributed by atoms with Gasteiger partial charge in [0.05, 0.1) is 18.9 Å². The zero-order chi connectivity index (χ0) is 14.2. The Balaban J connectivity index is 1.82. The van der Waals surface area contributed by atoms with Gasteiger partial charge in [0.2, 0.25) is 0 Å². The number of aliphatic hydroxyl groups excluding tert-OH is 1. The maximum Gasteiger partial charge on any atom is 0.137 e. The summed E-state index contributed by atoms with van der Waals surface area (Å²) in [6.45, 7) is 2.77. The fraction of sp³-hybridized carbons (Fsp3) is 0.688. The monoisotopic (exact) mass is 295 g/mol. The van der Waals surface area contributed by atoms with E-state index in [0.717, 1.165) is 28.7 Å². The van der Waals surface area contributed by atoms with E-state index in [-0.39, 0.29) is 0 Å². The lowest BCUT2D eigenvalue weighted by Crippen LogP contribution is -2.11. The highest BCUT2D eigenvalue weighted by atomic mass is 32.2. The normalized spacial score (nSPS) is 17.9. The highest BCUT2D eigenvalue weighted by molar-refractivity contribution is 7.99. The summed E-state index contributed by atoms with van der Waals surface area (Å²) in [6.07, 6.45) is 10.6. The van der Waals surface area contributed by atoms with Gasteiger partial charge in [-0.3, -0.25) is 4.98 Å². The van der Waals surface area contributed by atoms with Gasteiger partial charge in [0.15, 0.2) is 0 Å². The van der Waals surface area contributed by atoms with E-state index in [4.69, 9.17) is 4.74 Å². The molecule has 1 N–H and O–H groups in total. The maximum atomic E-state index is 10.3. The number of hydrogen-bond donors (Lipinski definition) is 1. The molecule has 1 atom stereocenters. The molecule has 0 saturated heterocycles. The van der Waals surface area contributed by atoms with E-state index in [0.29, 0.717) is 6.61 Å². The summed E-state index contributed by atoms with van der Waals surface area (Å²) >= 11 is 1.91. The van der Waals surface area contributed by atoms with Crippen molar-refractivity contribution >= 4 is 11.8 Å². The van der Waals surface area contributed by atoms with Crippen LogP contribution in [0.25, 0.3) is 0 Å². The molecule has 0 radical (unpaired) electrons. The van der Waals surface area contributed by atoms with Gasteiger partial charge in [-0.2, -0.15) is 11.8 Å². The average Bonchev–Trinajstić information content (AvgIpc) is 2.52. The smallest absolute Gasteiger partial charge is 0.137 e. The highest BCUT2D eigenvalue weighted by Gasteiger charge is 2.17. The van der Waals surface area contributed by atoms with Crippen molar-refractivity contribution in [1.82, 2.24) is 4.98 Å². The predicted molar refractivity (Wildman–Crippen MR) is 84.3 cm³/mol. The molecule has 1 aromatic rings. The summed E-state index contributed by atoms with van der Waals surface area (Å²) in [6, 6.07) is 1.91. The minimum atomic E-state index is -0.445. The number of hydrogen-bond acceptors (Lipinski definition) is 4. The van der Waals surface area contributed by atoms with Gasteiger partial charge in [0, 0.05) is 22.8 Å². The van der Waals surface area contributed by atoms with E-state index in [1.807, 2.05) is 17.8 Å². The topological polar surface area (TPSA) is 42.4 Å². The van der Waals surface area contributed by atoms with E-state index < -0.39 is 6.10 Å².